The van der Waals surface area contributed by atoms with E-state index in [0.29, 0.717) is 22.4 Å². The minimum atomic E-state index is -0.321. The Morgan fingerprint density at radius 3 is 2.04 bits per heavy atom. The number of rotatable bonds is 5. The number of nitrogens with zero attached hydrogens (tertiary/aromatic N) is 1. The molecule has 0 aromatic heterocycles. The van der Waals surface area contributed by atoms with Crippen LogP contribution in [0.1, 0.15) is 37.5 Å². The fraction of sp³-hybridized carbons (Fsp3) is 0.105. The molecule has 0 fully saturated rings. The van der Waals surface area contributed by atoms with Crippen LogP contribution in [0.5, 0.6) is 0 Å². The van der Waals surface area contributed by atoms with Gasteiger partial charge in [0.25, 0.3) is 11.8 Å². The number of hydrogen-bond donors (Lipinski definition) is 1. The zero-order valence-electron chi connectivity index (χ0n) is 12.9. The summed E-state index contributed by atoms with van der Waals surface area (Å²) in [6.45, 7) is 0.150. The summed E-state index contributed by atoms with van der Waals surface area (Å²) in [5, 5.41) is 0. The van der Waals surface area contributed by atoms with Crippen molar-refractivity contribution in [2.45, 2.75) is 6.42 Å². The summed E-state index contributed by atoms with van der Waals surface area (Å²) >= 11 is 0. The highest BCUT2D eigenvalue weighted by Gasteiger charge is 2.34. The maximum Gasteiger partial charge on any atom is 0.261 e. The Morgan fingerprint density at radius 1 is 0.917 bits per heavy atom. The Labute approximate surface area is 139 Å². The third-order valence-corrected chi connectivity index (χ3v) is 3.88. The lowest BCUT2D eigenvalue weighted by Crippen LogP contribution is -2.31. The molecule has 0 aliphatic carbocycles. The van der Waals surface area contributed by atoms with Gasteiger partial charge in [0.15, 0.2) is 5.78 Å². The van der Waals surface area contributed by atoms with Crippen molar-refractivity contribution in [3.8, 4) is 0 Å². The van der Waals surface area contributed by atoms with E-state index in [-0.39, 0.29) is 30.6 Å². The van der Waals surface area contributed by atoms with E-state index in [1.807, 2.05) is 6.07 Å². The first-order valence-corrected chi connectivity index (χ1v) is 7.58. The number of imide groups is 1. The van der Waals surface area contributed by atoms with Gasteiger partial charge < -0.3 is 5.73 Å². The van der Waals surface area contributed by atoms with Crippen molar-refractivity contribution in [1.29, 1.82) is 0 Å². The molecule has 0 saturated heterocycles. The molecule has 0 bridgehead atoms. The fourth-order valence-electron chi connectivity index (χ4n) is 2.61. The number of benzene rings is 2. The first-order chi connectivity index (χ1) is 11.6. The summed E-state index contributed by atoms with van der Waals surface area (Å²) < 4.78 is 0. The highest BCUT2D eigenvalue weighted by atomic mass is 16.2. The number of amides is 2. The van der Waals surface area contributed by atoms with Crippen LogP contribution in [0.3, 0.4) is 0 Å². The molecule has 0 radical (unpaired) electrons. The van der Waals surface area contributed by atoms with Gasteiger partial charge in [0.05, 0.1) is 11.1 Å². The van der Waals surface area contributed by atoms with Crippen molar-refractivity contribution >= 4 is 17.6 Å². The van der Waals surface area contributed by atoms with Crippen LogP contribution >= 0.6 is 0 Å². The van der Waals surface area contributed by atoms with Gasteiger partial charge in [-0.3, -0.25) is 19.3 Å². The molecule has 3 rings (SSSR count). The second kappa shape index (κ2) is 6.50. The molecule has 0 atom stereocenters. The zero-order chi connectivity index (χ0) is 17.1. The van der Waals surface area contributed by atoms with E-state index in [1.165, 1.54) is 11.0 Å². The minimum absolute atomic E-state index is 0.150. The van der Waals surface area contributed by atoms with Gasteiger partial charge in [0.1, 0.15) is 0 Å². The number of carbonyl (C=O) groups excluding carboxylic acids is 3. The van der Waals surface area contributed by atoms with Crippen LogP contribution in [-0.4, -0.2) is 29.0 Å². The van der Waals surface area contributed by atoms with Crippen LogP contribution in [0.25, 0.3) is 0 Å². The van der Waals surface area contributed by atoms with E-state index in [1.54, 1.807) is 48.5 Å². The van der Waals surface area contributed by atoms with Gasteiger partial charge in [-0.25, -0.2) is 0 Å². The summed E-state index contributed by atoms with van der Waals surface area (Å²) in [6.07, 6.45) is 1.59. The Hall–Kier alpha value is -3.21. The fourth-order valence-corrected chi connectivity index (χ4v) is 2.61. The van der Waals surface area contributed by atoms with Crippen molar-refractivity contribution in [1.82, 2.24) is 4.90 Å². The smallest absolute Gasteiger partial charge is 0.261 e. The number of allylic oxidation sites excluding steroid dienone is 1. The zero-order valence-corrected chi connectivity index (χ0v) is 12.9. The average Bonchev–Trinajstić information content (AvgIpc) is 2.85. The molecule has 2 aromatic rings. The Morgan fingerprint density at radius 2 is 1.46 bits per heavy atom. The van der Waals surface area contributed by atoms with Gasteiger partial charge in [-0.05, 0) is 12.1 Å². The van der Waals surface area contributed by atoms with E-state index < -0.39 is 0 Å². The second-order valence-corrected chi connectivity index (χ2v) is 5.51. The standard InChI is InChI=1S/C19H16N2O3/c20-14(12-17(22)13-6-2-1-3-7-13)10-11-21-18(23)15-8-4-5-9-16(15)19(21)24/h1-9,12H,10-11,20H2/b14-12-. The normalized spacial score (nSPS) is 14.0. The van der Waals surface area contributed by atoms with Crippen LogP contribution < -0.4 is 5.73 Å². The first-order valence-electron chi connectivity index (χ1n) is 7.58. The Kier molecular flexibility index (Phi) is 4.24. The lowest BCUT2D eigenvalue weighted by atomic mass is 10.1. The van der Waals surface area contributed by atoms with Gasteiger partial charge in [-0.15, -0.1) is 0 Å². The van der Waals surface area contributed by atoms with E-state index in [4.69, 9.17) is 5.73 Å². The summed E-state index contributed by atoms with van der Waals surface area (Å²) in [7, 11) is 0. The number of ketones is 1. The average molecular weight is 320 g/mol. The molecular weight excluding hydrogens is 304 g/mol. The van der Waals surface area contributed by atoms with E-state index in [9.17, 15) is 14.4 Å². The topological polar surface area (TPSA) is 80.5 Å². The molecule has 0 saturated carbocycles. The molecular formula is C19H16N2O3. The largest absolute Gasteiger partial charge is 0.402 e. The van der Waals surface area contributed by atoms with E-state index in [2.05, 4.69) is 0 Å². The number of nitrogens with two attached hydrogens (primary N) is 1. The summed E-state index contributed by atoms with van der Waals surface area (Å²) in [5.74, 6) is -0.842. The Balaban J connectivity index is 1.66. The lowest BCUT2D eigenvalue weighted by Gasteiger charge is -2.13. The van der Waals surface area contributed by atoms with Crippen LogP contribution in [-0.2, 0) is 0 Å². The third-order valence-electron chi connectivity index (χ3n) is 3.88. The molecule has 2 aromatic carbocycles. The van der Waals surface area contributed by atoms with Crippen molar-refractivity contribution < 1.29 is 14.4 Å². The molecule has 2 N–H and O–H groups in total. The molecule has 0 spiro atoms. The van der Waals surface area contributed by atoms with E-state index >= 15 is 0 Å². The summed E-state index contributed by atoms with van der Waals surface area (Å²) in [5.41, 5.74) is 7.57. The molecule has 24 heavy (non-hydrogen) atoms. The van der Waals surface area contributed by atoms with Gasteiger partial charge in [-0.1, -0.05) is 42.5 Å². The van der Waals surface area contributed by atoms with E-state index in [0.717, 1.165) is 0 Å². The third kappa shape index (κ3) is 2.96. The van der Waals surface area contributed by atoms with Gasteiger partial charge >= 0.3 is 0 Å². The number of hydrogen-bond acceptors (Lipinski definition) is 4. The molecule has 1 aliphatic heterocycles. The highest BCUT2D eigenvalue weighted by Crippen LogP contribution is 2.22. The number of fused-ring (bicyclic) bond motifs is 1. The predicted molar refractivity (Wildman–Crippen MR) is 89.5 cm³/mol. The van der Waals surface area contributed by atoms with Gasteiger partial charge in [0, 0.05) is 30.3 Å². The lowest BCUT2D eigenvalue weighted by molar-refractivity contribution is 0.0656. The van der Waals surface area contributed by atoms with Crippen LogP contribution in [0.4, 0.5) is 0 Å². The van der Waals surface area contributed by atoms with Crippen LogP contribution in [0.2, 0.25) is 0 Å². The van der Waals surface area contributed by atoms with Crippen molar-refractivity contribution in [2.24, 2.45) is 5.73 Å². The minimum Gasteiger partial charge on any atom is -0.402 e. The quantitative estimate of drug-likeness (QED) is 0.521. The van der Waals surface area contributed by atoms with Crippen molar-refractivity contribution in [3.05, 3.63) is 83.1 Å². The molecule has 2 amide bonds. The van der Waals surface area contributed by atoms with Crippen LogP contribution in [0.15, 0.2) is 66.4 Å². The van der Waals surface area contributed by atoms with Crippen molar-refractivity contribution in [3.63, 3.8) is 0 Å². The molecule has 1 aliphatic rings. The maximum atomic E-state index is 12.2. The van der Waals surface area contributed by atoms with Crippen molar-refractivity contribution in [2.75, 3.05) is 6.54 Å². The van der Waals surface area contributed by atoms with Gasteiger partial charge in [0.2, 0.25) is 0 Å². The molecule has 1 heterocycles. The monoisotopic (exact) mass is 320 g/mol. The predicted octanol–water partition coefficient (Wildman–Crippen LogP) is 2.40. The first kappa shape index (κ1) is 15.7. The van der Waals surface area contributed by atoms with Crippen LogP contribution in [0, 0.1) is 0 Å². The molecule has 120 valence electrons. The molecule has 5 nitrogen and oxygen atoms in total. The number of carbonyl (C=O) groups is 3. The summed E-state index contributed by atoms with van der Waals surface area (Å²) in [4.78, 5) is 37.7. The highest BCUT2D eigenvalue weighted by molar-refractivity contribution is 6.21. The molecule has 5 heteroatoms. The SMILES string of the molecule is N/C(=C\C(=O)c1ccccc1)CCN1C(=O)c2ccccc2C1=O. The summed E-state index contributed by atoms with van der Waals surface area (Å²) in [6, 6.07) is 15.5. The van der Waals surface area contributed by atoms with Gasteiger partial charge in [-0.2, -0.15) is 0 Å². The second-order valence-electron chi connectivity index (χ2n) is 5.51. The Bertz CT molecular complexity index is 806. The maximum absolute atomic E-state index is 12.2. The molecule has 0 unspecified atom stereocenters.